The first kappa shape index (κ1) is 9.72. The van der Waals surface area contributed by atoms with E-state index in [0.29, 0.717) is 12.0 Å². The summed E-state index contributed by atoms with van der Waals surface area (Å²) in [6, 6.07) is 10.7. The summed E-state index contributed by atoms with van der Waals surface area (Å²) in [4.78, 5) is 0. The van der Waals surface area contributed by atoms with Crippen LogP contribution >= 0.6 is 0 Å². The van der Waals surface area contributed by atoms with Crippen molar-refractivity contribution >= 4 is 0 Å². The fourth-order valence-electron chi connectivity index (χ4n) is 2.14. The van der Waals surface area contributed by atoms with Crippen LogP contribution in [0.4, 0.5) is 0 Å². The summed E-state index contributed by atoms with van der Waals surface area (Å²) in [5, 5.41) is 0. The molecule has 0 spiro atoms. The molecule has 0 N–H and O–H groups in total. The first-order valence-electron chi connectivity index (χ1n) is 5.53. The van der Waals surface area contributed by atoms with Gasteiger partial charge in [-0.1, -0.05) is 37.3 Å². The minimum Gasteiger partial charge on any atom is -0.378 e. The lowest BCUT2D eigenvalue weighted by molar-refractivity contribution is 0.0993. The van der Waals surface area contributed by atoms with Gasteiger partial charge in [0.2, 0.25) is 0 Å². The third kappa shape index (κ3) is 2.36. The molecular weight excluding hydrogens is 172 g/mol. The predicted octanol–water partition coefficient (Wildman–Crippen LogP) is 3.36. The highest BCUT2D eigenvalue weighted by atomic mass is 16.5. The third-order valence-electron chi connectivity index (χ3n) is 3.01. The van der Waals surface area contributed by atoms with E-state index in [2.05, 4.69) is 37.3 Å². The van der Waals surface area contributed by atoms with Crippen LogP contribution in [-0.4, -0.2) is 12.7 Å². The normalized spacial score (nSPS) is 23.6. The van der Waals surface area contributed by atoms with Crippen LogP contribution in [-0.2, 0) is 4.74 Å². The van der Waals surface area contributed by atoms with E-state index in [1.807, 2.05) is 0 Å². The average molecular weight is 190 g/mol. The van der Waals surface area contributed by atoms with Crippen molar-refractivity contribution in [1.82, 2.24) is 0 Å². The van der Waals surface area contributed by atoms with E-state index in [1.54, 1.807) is 0 Å². The molecule has 2 unspecified atom stereocenters. The molecule has 0 amide bonds. The van der Waals surface area contributed by atoms with E-state index in [9.17, 15) is 0 Å². The molecule has 1 nitrogen and oxygen atoms in total. The molecule has 0 aromatic heterocycles. The summed E-state index contributed by atoms with van der Waals surface area (Å²) in [6.07, 6.45) is 4.16. The minimum absolute atomic E-state index is 0.505. The molecule has 2 rings (SSSR count). The van der Waals surface area contributed by atoms with Gasteiger partial charge in [-0.25, -0.2) is 0 Å². The van der Waals surface area contributed by atoms with E-state index in [-0.39, 0.29) is 0 Å². The Morgan fingerprint density at radius 1 is 1.36 bits per heavy atom. The maximum absolute atomic E-state index is 5.65. The fraction of sp³-hybridized carbons (Fsp3) is 0.538. The van der Waals surface area contributed by atoms with Crippen LogP contribution in [0.5, 0.6) is 0 Å². The monoisotopic (exact) mass is 190 g/mol. The van der Waals surface area contributed by atoms with Gasteiger partial charge in [-0.15, -0.1) is 0 Å². The van der Waals surface area contributed by atoms with Crippen LogP contribution in [0, 0.1) is 0 Å². The van der Waals surface area contributed by atoms with Gasteiger partial charge in [0, 0.05) is 6.61 Å². The molecule has 0 radical (unpaired) electrons. The summed E-state index contributed by atoms with van der Waals surface area (Å²) in [6.45, 7) is 3.25. The molecular formula is C13H18O. The number of ether oxygens (including phenoxy) is 1. The summed E-state index contributed by atoms with van der Waals surface area (Å²) in [5.41, 5.74) is 1.43. The molecule has 0 saturated carbocycles. The van der Waals surface area contributed by atoms with Gasteiger partial charge in [-0.3, -0.25) is 0 Å². The summed E-state index contributed by atoms with van der Waals surface area (Å²) in [5.74, 6) is 0.624. The van der Waals surface area contributed by atoms with Crippen molar-refractivity contribution in [3.63, 3.8) is 0 Å². The Morgan fingerprint density at radius 3 is 2.79 bits per heavy atom. The Morgan fingerprint density at radius 2 is 2.14 bits per heavy atom. The molecule has 14 heavy (non-hydrogen) atoms. The van der Waals surface area contributed by atoms with Crippen molar-refractivity contribution in [3.8, 4) is 0 Å². The number of hydrogen-bond donors (Lipinski definition) is 0. The van der Waals surface area contributed by atoms with Crippen molar-refractivity contribution in [2.75, 3.05) is 6.61 Å². The molecule has 1 heterocycles. The third-order valence-corrected chi connectivity index (χ3v) is 3.01. The largest absolute Gasteiger partial charge is 0.378 e. The quantitative estimate of drug-likeness (QED) is 0.710. The van der Waals surface area contributed by atoms with Gasteiger partial charge in [-0.05, 0) is 30.7 Å². The molecule has 1 saturated heterocycles. The average Bonchev–Trinajstić information content (AvgIpc) is 2.72. The van der Waals surface area contributed by atoms with Crippen LogP contribution in [0.25, 0.3) is 0 Å². The van der Waals surface area contributed by atoms with Gasteiger partial charge in [0.1, 0.15) is 0 Å². The smallest absolute Gasteiger partial charge is 0.0581 e. The van der Waals surface area contributed by atoms with Crippen LogP contribution in [0.1, 0.15) is 37.7 Å². The van der Waals surface area contributed by atoms with E-state index in [0.717, 1.165) is 6.61 Å². The summed E-state index contributed by atoms with van der Waals surface area (Å²) >= 11 is 0. The molecule has 0 aliphatic carbocycles. The highest BCUT2D eigenvalue weighted by Crippen LogP contribution is 2.26. The standard InChI is InChI=1S/C13H18O/c1-11(10-13-8-5-9-14-13)12-6-3-2-4-7-12/h2-4,6-7,11,13H,5,8-10H2,1H3. The number of hydrogen-bond acceptors (Lipinski definition) is 1. The van der Waals surface area contributed by atoms with Crippen LogP contribution in [0.3, 0.4) is 0 Å². The lowest BCUT2D eigenvalue weighted by Gasteiger charge is -2.16. The van der Waals surface area contributed by atoms with Crippen molar-refractivity contribution in [2.45, 2.75) is 38.2 Å². The second kappa shape index (κ2) is 4.61. The topological polar surface area (TPSA) is 9.23 Å². The fourth-order valence-corrected chi connectivity index (χ4v) is 2.14. The first-order chi connectivity index (χ1) is 6.86. The molecule has 76 valence electrons. The van der Waals surface area contributed by atoms with Gasteiger partial charge in [-0.2, -0.15) is 0 Å². The second-order valence-electron chi connectivity index (χ2n) is 4.18. The van der Waals surface area contributed by atoms with Gasteiger partial charge in [0.05, 0.1) is 6.10 Å². The lowest BCUT2D eigenvalue weighted by atomic mass is 9.94. The van der Waals surface area contributed by atoms with E-state index < -0.39 is 0 Å². The molecule has 1 aromatic carbocycles. The van der Waals surface area contributed by atoms with Crippen LogP contribution in [0.15, 0.2) is 30.3 Å². The predicted molar refractivity (Wildman–Crippen MR) is 58.4 cm³/mol. The van der Waals surface area contributed by atoms with Crippen molar-refractivity contribution in [1.29, 1.82) is 0 Å². The first-order valence-corrected chi connectivity index (χ1v) is 5.53. The Balaban J connectivity index is 1.92. The van der Waals surface area contributed by atoms with Crippen molar-refractivity contribution in [2.24, 2.45) is 0 Å². The van der Waals surface area contributed by atoms with E-state index in [4.69, 9.17) is 4.74 Å². The maximum atomic E-state index is 5.65. The highest BCUT2D eigenvalue weighted by Gasteiger charge is 2.18. The zero-order valence-electron chi connectivity index (χ0n) is 8.78. The van der Waals surface area contributed by atoms with Crippen LogP contribution in [0.2, 0.25) is 0 Å². The molecule has 1 aromatic rings. The molecule has 1 aliphatic heterocycles. The molecule has 2 atom stereocenters. The number of benzene rings is 1. The van der Waals surface area contributed by atoms with Gasteiger partial charge in [0.25, 0.3) is 0 Å². The van der Waals surface area contributed by atoms with Crippen molar-refractivity contribution in [3.05, 3.63) is 35.9 Å². The zero-order valence-corrected chi connectivity index (χ0v) is 8.78. The second-order valence-corrected chi connectivity index (χ2v) is 4.18. The Bertz CT molecular complexity index is 262. The molecule has 1 fully saturated rings. The zero-order chi connectivity index (χ0) is 9.80. The SMILES string of the molecule is CC(CC1CCCO1)c1ccccc1. The van der Waals surface area contributed by atoms with Gasteiger partial charge in [0.15, 0.2) is 0 Å². The van der Waals surface area contributed by atoms with E-state index in [1.165, 1.54) is 24.8 Å². The Kier molecular flexibility index (Phi) is 3.20. The molecule has 0 bridgehead atoms. The van der Waals surface area contributed by atoms with E-state index >= 15 is 0 Å². The highest BCUT2D eigenvalue weighted by molar-refractivity contribution is 5.18. The molecule has 1 aliphatic rings. The van der Waals surface area contributed by atoms with Gasteiger partial charge < -0.3 is 4.74 Å². The van der Waals surface area contributed by atoms with Crippen LogP contribution < -0.4 is 0 Å². The molecule has 1 heteroatoms. The summed E-state index contributed by atoms with van der Waals surface area (Å²) < 4.78 is 5.65. The van der Waals surface area contributed by atoms with Crippen molar-refractivity contribution < 1.29 is 4.74 Å². The number of rotatable bonds is 3. The maximum Gasteiger partial charge on any atom is 0.0581 e. The summed E-state index contributed by atoms with van der Waals surface area (Å²) in [7, 11) is 0. The Labute approximate surface area is 86.1 Å². The minimum atomic E-state index is 0.505. The lowest BCUT2D eigenvalue weighted by Crippen LogP contribution is -2.09. The Hall–Kier alpha value is -0.820. The van der Waals surface area contributed by atoms with Gasteiger partial charge >= 0.3 is 0 Å².